The number of carbonyl (C=O) groups excluding carboxylic acids is 1. The summed E-state index contributed by atoms with van der Waals surface area (Å²) in [5.41, 5.74) is 3.51. The molecule has 1 unspecified atom stereocenters. The first kappa shape index (κ1) is 14.9. The monoisotopic (exact) mass is 248 g/mol. The van der Waals surface area contributed by atoms with Crippen LogP contribution in [0.15, 0.2) is 18.2 Å². The molecular formula is C16H24O2. The van der Waals surface area contributed by atoms with E-state index in [0.717, 1.165) is 5.56 Å². The molecule has 1 aromatic carbocycles. The number of aryl methyl sites for hydroxylation is 2. The van der Waals surface area contributed by atoms with Crippen LogP contribution >= 0.6 is 0 Å². The molecule has 2 heteroatoms. The van der Waals surface area contributed by atoms with E-state index >= 15 is 0 Å². The van der Waals surface area contributed by atoms with E-state index in [1.54, 1.807) is 0 Å². The molecule has 1 aromatic rings. The predicted octanol–water partition coefficient (Wildman–Crippen LogP) is 3.48. The summed E-state index contributed by atoms with van der Waals surface area (Å²) in [7, 11) is 0. The zero-order chi connectivity index (χ0) is 13.7. The molecule has 0 N–H and O–H groups in total. The first-order chi connectivity index (χ1) is 8.47. The molecule has 1 rings (SSSR count). The van der Waals surface area contributed by atoms with Crippen LogP contribution < -0.4 is 0 Å². The fourth-order valence-corrected chi connectivity index (χ4v) is 2.24. The van der Waals surface area contributed by atoms with Crippen molar-refractivity contribution >= 4 is 5.78 Å². The highest BCUT2D eigenvalue weighted by Crippen LogP contribution is 2.17. The van der Waals surface area contributed by atoms with Crippen LogP contribution in [0.4, 0.5) is 0 Å². The van der Waals surface area contributed by atoms with Crippen LogP contribution in [-0.4, -0.2) is 18.5 Å². The molecular weight excluding hydrogens is 224 g/mol. The first-order valence-electron chi connectivity index (χ1n) is 6.66. The molecule has 0 saturated carbocycles. The van der Waals surface area contributed by atoms with Crippen molar-refractivity contribution in [2.45, 2.75) is 47.1 Å². The third kappa shape index (κ3) is 3.67. The van der Waals surface area contributed by atoms with E-state index in [1.807, 2.05) is 26.8 Å². The molecule has 0 aliphatic carbocycles. The van der Waals surface area contributed by atoms with Crippen LogP contribution in [0.3, 0.4) is 0 Å². The minimum atomic E-state index is -0.283. The molecule has 100 valence electrons. The van der Waals surface area contributed by atoms with Gasteiger partial charge < -0.3 is 4.74 Å². The van der Waals surface area contributed by atoms with Gasteiger partial charge in [0.05, 0.1) is 0 Å². The van der Waals surface area contributed by atoms with Crippen molar-refractivity contribution in [3.63, 3.8) is 0 Å². The second-order valence-corrected chi connectivity index (χ2v) is 5.13. The summed E-state index contributed by atoms with van der Waals surface area (Å²) in [6.07, 6.45) is 0.190. The lowest BCUT2D eigenvalue weighted by molar-refractivity contribution is -0.132. The van der Waals surface area contributed by atoms with Gasteiger partial charge in [-0.3, -0.25) is 4.79 Å². The second kappa shape index (κ2) is 6.69. The Kier molecular flexibility index (Phi) is 5.54. The van der Waals surface area contributed by atoms with E-state index in [-0.39, 0.29) is 17.8 Å². The summed E-state index contributed by atoms with van der Waals surface area (Å²) in [5.74, 6) is 0.408. The van der Waals surface area contributed by atoms with E-state index in [4.69, 9.17) is 4.74 Å². The molecule has 0 heterocycles. The van der Waals surface area contributed by atoms with E-state index < -0.39 is 0 Å². The van der Waals surface area contributed by atoms with Crippen molar-refractivity contribution in [3.05, 3.63) is 34.9 Å². The van der Waals surface area contributed by atoms with Crippen LogP contribution in [0.1, 0.15) is 37.5 Å². The average molecular weight is 248 g/mol. The number of ketones is 1. The summed E-state index contributed by atoms with van der Waals surface area (Å²) < 4.78 is 5.57. The van der Waals surface area contributed by atoms with Gasteiger partial charge in [-0.05, 0) is 43.4 Å². The number of hydrogen-bond acceptors (Lipinski definition) is 2. The minimum Gasteiger partial charge on any atom is -0.370 e. The SMILES string of the molecule is CCOC(C(=O)Cc1c(C)cccc1C)C(C)C. The van der Waals surface area contributed by atoms with E-state index in [9.17, 15) is 4.79 Å². The van der Waals surface area contributed by atoms with Gasteiger partial charge in [0.1, 0.15) is 6.10 Å². The number of benzene rings is 1. The lowest BCUT2D eigenvalue weighted by Crippen LogP contribution is -2.31. The van der Waals surface area contributed by atoms with E-state index in [2.05, 4.69) is 26.0 Å². The maximum Gasteiger partial charge on any atom is 0.166 e. The largest absolute Gasteiger partial charge is 0.370 e. The highest BCUT2D eigenvalue weighted by Gasteiger charge is 2.23. The Labute approximate surface area is 110 Å². The number of Topliss-reactive ketones (excluding diaryl/α,β-unsaturated/α-hetero) is 1. The smallest absolute Gasteiger partial charge is 0.166 e. The van der Waals surface area contributed by atoms with Crippen LogP contribution in [0, 0.1) is 19.8 Å². The van der Waals surface area contributed by atoms with Gasteiger partial charge in [-0.15, -0.1) is 0 Å². The Morgan fingerprint density at radius 1 is 1.22 bits per heavy atom. The number of ether oxygens (including phenoxy) is 1. The molecule has 0 fully saturated rings. The topological polar surface area (TPSA) is 26.3 Å². The summed E-state index contributed by atoms with van der Waals surface area (Å²) in [6, 6.07) is 6.14. The zero-order valence-electron chi connectivity index (χ0n) is 12.1. The van der Waals surface area contributed by atoms with Crippen LogP contribution in [0.5, 0.6) is 0 Å². The Balaban J connectivity index is 2.86. The van der Waals surface area contributed by atoms with Gasteiger partial charge in [-0.2, -0.15) is 0 Å². The quantitative estimate of drug-likeness (QED) is 0.770. The molecule has 0 aliphatic rings. The van der Waals surface area contributed by atoms with Gasteiger partial charge in [0, 0.05) is 13.0 Å². The second-order valence-electron chi connectivity index (χ2n) is 5.13. The van der Waals surface area contributed by atoms with E-state index in [0.29, 0.717) is 13.0 Å². The lowest BCUT2D eigenvalue weighted by Gasteiger charge is -2.20. The molecule has 0 aliphatic heterocycles. The number of carbonyl (C=O) groups is 1. The molecule has 0 bridgehead atoms. The van der Waals surface area contributed by atoms with Crippen LogP contribution in [-0.2, 0) is 16.0 Å². The standard InChI is InChI=1S/C16H24O2/c1-6-18-16(11(2)3)15(17)10-14-12(4)8-7-9-13(14)5/h7-9,11,16H,6,10H2,1-5H3. The average Bonchev–Trinajstić information content (AvgIpc) is 2.30. The normalized spacial score (nSPS) is 12.8. The maximum atomic E-state index is 12.3. The molecule has 0 radical (unpaired) electrons. The highest BCUT2D eigenvalue weighted by atomic mass is 16.5. The van der Waals surface area contributed by atoms with Gasteiger partial charge in [-0.25, -0.2) is 0 Å². The van der Waals surface area contributed by atoms with Crippen LogP contribution in [0.25, 0.3) is 0 Å². The van der Waals surface area contributed by atoms with Crippen molar-refractivity contribution in [2.24, 2.45) is 5.92 Å². The Morgan fingerprint density at radius 3 is 2.22 bits per heavy atom. The fourth-order valence-electron chi connectivity index (χ4n) is 2.24. The summed E-state index contributed by atoms with van der Waals surface area (Å²) in [4.78, 5) is 12.3. The summed E-state index contributed by atoms with van der Waals surface area (Å²) in [5, 5.41) is 0. The molecule has 0 aromatic heterocycles. The zero-order valence-corrected chi connectivity index (χ0v) is 12.1. The summed E-state index contributed by atoms with van der Waals surface area (Å²) >= 11 is 0. The molecule has 2 nitrogen and oxygen atoms in total. The van der Waals surface area contributed by atoms with Crippen LogP contribution in [0.2, 0.25) is 0 Å². The van der Waals surface area contributed by atoms with Crippen molar-refractivity contribution < 1.29 is 9.53 Å². The molecule has 0 amide bonds. The van der Waals surface area contributed by atoms with Gasteiger partial charge >= 0.3 is 0 Å². The first-order valence-corrected chi connectivity index (χ1v) is 6.66. The van der Waals surface area contributed by atoms with Crippen molar-refractivity contribution in [1.29, 1.82) is 0 Å². The predicted molar refractivity (Wildman–Crippen MR) is 74.9 cm³/mol. The van der Waals surface area contributed by atoms with E-state index in [1.165, 1.54) is 11.1 Å². The van der Waals surface area contributed by atoms with Crippen molar-refractivity contribution in [3.8, 4) is 0 Å². The van der Waals surface area contributed by atoms with Crippen molar-refractivity contribution in [1.82, 2.24) is 0 Å². The van der Waals surface area contributed by atoms with Crippen molar-refractivity contribution in [2.75, 3.05) is 6.61 Å². The Bertz CT molecular complexity index is 387. The van der Waals surface area contributed by atoms with Gasteiger partial charge in [0.15, 0.2) is 5.78 Å². The lowest BCUT2D eigenvalue weighted by atomic mass is 9.93. The van der Waals surface area contributed by atoms with Gasteiger partial charge in [-0.1, -0.05) is 32.0 Å². The maximum absolute atomic E-state index is 12.3. The molecule has 0 spiro atoms. The molecule has 0 saturated heterocycles. The third-order valence-electron chi connectivity index (χ3n) is 3.26. The minimum absolute atomic E-state index is 0.184. The molecule has 18 heavy (non-hydrogen) atoms. The van der Waals surface area contributed by atoms with Gasteiger partial charge in [0.25, 0.3) is 0 Å². The third-order valence-corrected chi connectivity index (χ3v) is 3.26. The van der Waals surface area contributed by atoms with Gasteiger partial charge in [0.2, 0.25) is 0 Å². The Hall–Kier alpha value is -1.15. The Morgan fingerprint density at radius 2 is 1.78 bits per heavy atom. The highest BCUT2D eigenvalue weighted by molar-refractivity contribution is 5.86. The number of rotatable bonds is 6. The molecule has 1 atom stereocenters. The summed E-state index contributed by atoms with van der Waals surface area (Å²) in [6.45, 7) is 10.7. The number of hydrogen-bond donors (Lipinski definition) is 0. The fraction of sp³-hybridized carbons (Fsp3) is 0.562.